The number of benzene rings is 2. The summed E-state index contributed by atoms with van der Waals surface area (Å²) in [4.78, 5) is 42.6. The lowest BCUT2D eigenvalue weighted by Gasteiger charge is -2.38. The molecule has 1 unspecified atom stereocenters. The molecular formula is C43H58N2O11. The molecule has 0 saturated carbocycles. The lowest BCUT2D eigenvalue weighted by Crippen LogP contribution is -2.46. The van der Waals surface area contributed by atoms with Crippen molar-refractivity contribution < 1.29 is 53.8 Å². The van der Waals surface area contributed by atoms with Crippen LogP contribution < -0.4 is 15.0 Å². The van der Waals surface area contributed by atoms with Crippen molar-refractivity contribution in [2.24, 2.45) is 29.6 Å². The number of ketones is 1. The minimum Gasteiger partial charge on any atom is -0.507 e. The molecule has 0 spiro atoms. The standard InChI is InChI=1S/C43H58N2O11/c1-21-13-12-17-45(20-21)30-19-29-38(50)33-32(30)34-40(27(7)37(33)49)56-43(9,41(34)51)54-18-16-31(53-10)24(4)39(55-28(8)46)26(6)36(48)25(5)35(47)22(2)14-11-15-23(3)42(52)44-29/h11,14-16,18-19,21-22,24-26,31,35-36,39,47-50H,12-13,17,20H2,1-10H3,(H,44,52)/b14-11+,18-16+,23-15+/t21?,22-,24+,25+,26+,31-,35-,36+,39+,43-/m0/s1. The van der Waals surface area contributed by atoms with E-state index in [-0.39, 0.29) is 44.7 Å². The zero-order valence-corrected chi connectivity index (χ0v) is 34.1. The maximum Gasteiger partial charge on any atom is 0.312 e. The number of esters is 1. The summed E-state index contributed by atoms with van der Waals surface area (Å²) in [7, 11) is 1.47. The predicted molar refractivity (Wildman–Crippen MR) is 213 cm³/mol. The fraction of sp³-hybridized carbons (Fsp3) is 0.558. The molecule has 0 aliphatic carbocycles. The summed E-state index contributed by atoms with van der Waals surface area (Å²) in [6.07, 6.45) is 5.97. The van der Waals surface area contributed by atoms with Gasteiger partial charge in [-0.25, -0.2) is 0 Å². The molecule has 10 atom stereocenters. The van der Waals surface area contributed by atoms with Gasteiger partial charge in [-0.2, -0.15) is 0 Å². The van der Waals surface area contributed by atoms with Crippen molar-refractivity contribution in [3.63, 3.8) is 0 Å². The second kappa shape index (κ2) is 16.9. The van der Waals surface area contributed by atoms with Gasteiger partial charge >= 0.3 is 11.8 Å². The van der Waals surface area contributed by atoms with Crippen LogP contribution in [0.25, 0.3) is 10.8 Å². The summed E-state index contributed by atoms with van der Waals surface area (Å²) >= 11 is 0. The SMILES string of the molecule is CO[C@H]1/C=C/O[C@@]2(C)Oc3c(C)c(O)c4c(O)c(cc(N5CCCC(C)C5)c4c3C2=O)NC(=O)/C(C)=C/C=C/[C@H](C)[C@H](O)[C@@H](C)[C@@H](O)[C@@H](C)[C@H](OC(C)=O)[C@@H]1C. The van der Waals surface area contributed by atoms with Crippen LogP contribution >= 0.6 is 0 Å². The van der Waals surface area contributed by atoms with E-state index in [1.165, 1.54) is 27.2 Å². The summed E-state index contributed by atoms with van der Waals surface area (Å²) in [6.45, 7) is 16.4. The number of carbonyl (C=O) groups is 3. The van der Waals surface area contributed by atoms with E-state index in [0.717, 1.165) is 12.8 Å². The molecule has 6 rings (SSSR count). The van der Waals surface area contributed by atoms with E-state index in [1.807, 2.05) is 0 Å². The third kappa shape index (κ3) is 8.12. The van der Waals surface area contributed by atoms with Crippen LogP contribution in [0.3, 0.4) is 0 Å². The van der Waals surface area contributed by atoms with E-state index in [1.54, 1.807) is 71.9 Å². The molecule has 306 valence electrons. The molecule has 2 aromatic carbocycles. The van der Waals surface area contributed by atoms with Crippen molar-refractivity contribution in [3.05, 3.63) is 53.3 Å². The number of aromatic hydroxyl groups is 2. The third-order valence-electron chi connectivity index (χ3n) is 11.8. The Morgan fingerprint density at radius 3 is 2.32 bits per heavy atom. The van der Waals surface area contributed by atoms with Gasteiger partial charge in [0.05, 0.1) is 41.2 Å². The number of phenols is 2. The molecule has 5 bridgehead atoms. The van der Waals surface area contributed by atoms with Crippen LogP contribution in [0.4, 0.5) is 11.4 Å². The molecule has 1 fully saturated rings. The number of amides is 1. The van der Waals surface area contributed by atoms with Crippen molar-refractivity contribution in [1.82, 2.24) is 0 Å². The van der Waals surface area contributed by atoms with Crippen molar-refractivity contribution >= 4 is 39.8 Å². The summed E-state index contributed by atoms with van der Waals surface area (Å²) in [6, 6.07) is 1.63. The lowest BCUT2D eigenvalue weighted by molar-refractivity contribution is -0.160. The number of Topliss-reactive ketones (excluding diaryl/α,β-unsaturated/α-hetero) is 1. The Hall–Kier alpha value is -4.59. The van der Waals surface area contributed by atoms with Gasteiger partial charge in [-0.1, -0.05) is 52.8 Å². The van der Waals surface area contributed by atoms with Gasteiger partial charge in [0.15, 0.2) is 5.75 Å². The number of rotatable bonds is 3. The van der Waals surface area contributed by atoms with E-state index in [2.05, 4.69) is 17.1 Å². The number of hydrogen-bond acceptors (Lipinski definition) is 12. The van der Waals surface area contributed by atoms with E-state index < -0.39 is 77.3 Å². The van der Waals surface area contributed by atoms with Gasteiger partial charge in [-0.15, -0.1) is 0 Å². The molecule has 56 heavy (non-hydrogen) atoms. The van der Waals surface area contributed by atoms with E-state index in [0.29, 0.717) is 24.7 Å². The largest absolute Gasteiger partial charge is 0.507 e. The van der Waals surface area contributed by atoms with Gasteiger partial charge in [-0.05, 0) is 44.7 Å². The van der Waals surface area contributed by atoms with Crippen molar-refractivity contribution in [2.45, 2.75) is 105 Å². The number of ether oxygens (including phenoxy) is 4. The van der Waals surface area contributed by atoms with Crippen LogP contribution in [0.5, 0.6) is 17.2 Å². The summed E-state index contributed by atoms with van der Waals surface area (Å²) in [5.74, 6) is -6.13. The van der Waals surface area contributed by atoms with Crippen molar-refractivity contribution in [2.75, 3.05) is 30.4 Å². The number of carbonyl (C=O) groups excluding carboxylic acids is 3. The molecule has 13 heteroatoms. The van der Waals surface area contributed by atoms with E-state index in [4.69, 9.17) is 18.9 Å². The highest BCUT2D eigenvalue weighted by Crippen LogP contribution is 2.54. The normalized spacial score (nSPS) is 34.0. The number of fused-ring (bicyclic) bond motifs is 14. The van der Waals surface area contributed by atoms with Gasteiger partial charge in [0.2, 0.25) is 0 Å². The number of nitrogens with one attached hydrogen (secondary N) is 1. The molecule has 4 aliphatic heterocycles. The number of piperidine rings is 1. The molecule has 2 aromatic rings. The Kier molecular flexibility index (Phi) is 12.8. The van der Waals surface area contributed by atoms with Crippen LogP contribution in [-0.4, -0.2) is 88.5 Å². The average Bonchev–Trinajstić information content (AvgIpc) is 3.42. The smallest absolute Gasteiger partial charge is 0.312 e. The number of nitrogens with zero attached hydrogens (tertiary/aromatic N) is 1. The Bertz CT molecular complexity index is 1940. The maximum absolute atomic E-state index is 14.6. The number of allylic oxidation sites excluding steroid dienone is 2. The minimum atomic E-state index is -1.90. The van der Waals surface area contributed by atoms with Gasteiger partial charge in [0, 0.05) is 79.9 Å². The second-order valence-corrected chi connectivity index (χ2v) is 16.1. The van der Waals surface area contributed by atoms with Gasteiger partial charge in [-0.3, -0.25) is 14.4 Å². The van der Waals surface area contributed by atoms with Crippen molar-refractivity contribution in [3.8, 4) is 17.2 Å². The predicted octanol–water partition coefficient (Wildman–Crippen LogP) is 6.28. The first-order valence-corrected chi connectivity index (χ1v) is 19.4. The minimum absolute atomic E-state index is 0.00183. The highest BCUT2D eigenvalue weighted by molar-refractivity contribution is 6.23. The number of phenolic OH excluding ortho intramolecular Hbond substituents is 2. The fourth-order valence-corrected chi connectivity index (χ4v) is 8.31. The summed E-state index contributed by atoms with van der Waals surface area (Å²) in [5.41, 5.74) is 1.21. The Morgan fingerprint density at radius 1 is 0.982 bits per heavy atom. The molecule has 4 heterocycles. The van der Waals surface area contributed by atoms with Gasteiger partial charge < -0.3 is 49.6 Å². The Labute approximate surface area is 328 Å². The van der Waals surface area contributed by atoms with Gasteiger partial charge in [0.1, 0.15) is 17.6 Å². The Morgan fingerprint density at radius 2 is 1.68 bits per heavy atom. The molecule has 1 saturated heterocycles. The van der Waals surface area contributed by atoms with Crippen LogP contribution in [0.2, 0.25) is 0 Å². The zero-order chi connectivity index (χ0) is 41.4. The molecule has 5 N–H and O–H groups in total. The number of aliphatic hydroxyl groups is 2. The molecular weight excluding hydrogens is 720 g/mol. The highest BCUT2D eigenvalue weighted by atomic mass is 16.7. The van der Waals surface area contributed by atoms with Crippen molar-refractivity contribution in [1.29, 1.82) is 0 Å². The number of methoxy groups -OCH3 is 1. The third-order valence-corrected chi connectivity index (χ3v) is 11.8. The second-order valence-electron chi connectivity index (χ2n) is 16.1. The van der Waals surface area contributed by atoms with Crippen LogP contribution in [0.1, 0.15) is 84.2 Å². The van der Waals surface area contributed by atoms with Crippen LogP contribution in [0, 0.1) is 36.5 Å². The van der Waals surface area contributed by atoms with E-state index >= 15 is 0 Å². The molecule has 0 radical (unpaired) electrons. The topological polar surface area (TPSA) is 184 Å². The zero-order valence-electron chi connectivity index (χ0n) is 34.1. The number of hydrogen-bond donors (Lipinski definition) is 5. The fourth-order valence-electron chi connectivity index (χ4n) is 8.31. The molecule has 1 amide bonds. The molecule has 4 aliphatic rings. The monoisotopic (exact) mass is 778 g/mol. The van der Waals surface area contributed by atoms with Gasteiger partial charge in [0.25, 0.3) is 11.7 Å². The quantitative estimate of drug-likeness (QED) is 0.174. The summed E-state index contributed by atoms with van der Waals surface area (Å²) < 4.78 is 23.9. The molecule has 13 nitrogen and oxygen atoms in total. The summed E-state index contributed by atoms with van der Waals surface area (Å²) in [5, 5.41) is 49.4. The first kappa shape index (κ1) is 42.6. The van der Waals surface area contributed by atoms with Crippen LogP contribution in [-0.2, 0) is 23.8 Å². The van der Waals surface area contributed by atoms with Crippen LogP contribution in [0.15, 0.2) is 42.2 Å². The number of anilines is 2. The first-order valence-electron chi connectivity index (χ1n) is 19.4. The maximum atomic E-state index is 14.6. The average molecular weight is 779 g/mol. The highest BCUT2D eigenvalue weighted by Gasteiger charge is 2.50. The molecule has 0 aromatic heterocycles. The van der Waals surface area contributed by atoms with E-state index in [9.17, 15) is 34.8 Å². The number of aliphatic hydroxyl groups excluding tert-OH is 2. The Balaban J connectivity index is 1.70. The first-order chi connectivity index (χ1) is 26.3. The lowest BCUT2D eigenvalue weighted by atomic mass is 9.78.